The molecule has 0 bridgehead atoms. The monoisotopic (exact) mass is 351 g/mol. The Balaban J connectivity index is 2.07. The van der Waals surface area contributed by atoms with Gasteiger partial charge in [-0.3, -0.25) is 0 Å². The highest BCUT2D eigenvalue weighted by Crippen LogP contribution is 2.32. The first-order valence-electron chi connectivity index (χ1n) is 5.90. The molecule has 4 nitrogen and oxygen atoms in total. The largest absolute Gasteiger partial charge is 0.398 e. The minimum Gasteiger partial charge on any atom is -0.398 e. The molecule has 1 aromatic heterocycles. The Bertz CT molecular complexity index is 820. The summed E-state index contributed by atoms with van der Waals surface area (Å²) in [5.41, 5.74) is 7.18. The van der Waals surface area contributed by atoms with Crippen LogP contribution < -0.4 is 5.73 Å². The number of halogens is 3. The van der Waals surface area contributed by atoms with Crippen LogP contribution in [-0.4, -0.2) is 10.1 Å². The van der Waals surface area contributed by atoms with E-state index in [0.29, 0.717) is 16.8 Å². The first-order valence-corrected chi connectivity index (χ1v) is 6.69. The van der Waals surface area contributed by atoms with Crippen molar-refractivity contribution in [2.75, 3.05) is 5.73 Å². The maximum Gasteiger partial charge on any atom is 0.260 e. The number of anilines is 1. The first kappa shape index (κ1) is 13.7. The normalized spacial score (nSPS) is 10.8. The molecule has 0 fully saturated rings. The van der Waals surface area contributed by atoms with Gasteiger partial charge in [-0.15, -0.1) is 0 Å². The van der Waals surface area contributed by atoms with Gasteiger partial charge < -0.3 is 10.3 Å². The number of aromatic nitrogens is 2. The van der Waals surface area contributed by atoms with Gasteiger partial charge in [0, 0.05) is 11.3 Å². The highest BCUT2D eigenvalue weighted by molar-refractivity contribution is 9.10. The van der Waals surface area contributed by atoms with Gasteiger partial charge in [0.2, 0.25) is 5.82 Å². The van der Waals surface area contributed by atoms with E-state index in [4.69, 9.17) is 10.3 Å². The molecule has 0 saturated heterocycles. The zero-order chi connectivity index (χ0) is 15.0. The predicted molar refractivity (Wildman–Crippen MR) is 77.2 cm³/mol. The third-order valence-electron chi connectivity index (χ3n) is 2.89. The van der Waals surface area contributed by atoms with Gasteiger partial charge in [-0.2, -0.15) is 4.98 Å². The molecule has 0 atom stereocenters. The maximum atomic E-state index is 13.5. The van der Waals surface area contributed by atoms with Crippen molar-refractivity contribution >= 4 is 21.6 Å². The molecule has 0 saturated carbocycles. The van der Waals surface area contributed by atoms with Gasteiger partial charge in [-0.25, -0.2) is 8.78 Å². The minimum absolute atomic E-state index is 0.0594. The molecule has 0 aliphatic heterocycles. The quantitative estimate of drug-likeness (QED) is 0.559. The lowest BCUT2D eigenvalue weighted by atomic mass is 10.2. The Morgan fingerprint density at radius 2 is 1.81 bits per heavy atom. The lowest BCUT2D eigenvalue weighted by Crippen LogP contribution is -1.91. The Morgan fingerprint density at radius 1 is 1.05 bits per heavy atom. The molecule has 0 aliphatic rings. The van der Waals surface area contributed by atoms with Crippen LogP contribution in [0.25, 0.3) is 22.8 Å². The number of nitrogens with two attached hydrogens (primary N) is 1. The van der Waals surface area contributed by atoms with Crippen molar-refractivity contribution in [2.45, 2.75) is 0 Å². The van der Waals surface area contributed by atoms with Crippen molar-refractivity contribution in [1.29, 1.82) is 0 Å². The Hall–Kier alpha value is -2.28. The van der Waals surface area contributed by atoms with E-state index in [1.54, 1.807) is 24.3 Å². The van der Waals surface area contributed by atoms with Gasteiger partial charge in [0.25, 0.3) is 5.89 Å². The van der Waals surface area contributed by atoms with Crippen LogP contribution in [0, 0.1) is 11.6 Å². The van der Waals surface area contributed by atoms with Crippen LogP contribution >= 0.6 is 15.9 Å². The van der Waals surface area contributed by atoms with Crippen molar-refractivity contribution in [3.8, 4) is 22.8 Å². The van der Waals surface area contributed by atoms with Crippen molar-refractivity contribution in [3.05, 3.63) is 52.5 Å². The van der Waals surface area contributed by atoms with Gasteiger partial charge >= 0.3 is 0 Å². The fourth-order valence-electron chi connectivity index (χ4n) is 1.83. The van der Waals surface area contributed by atoms with Crippen LogP contribution in [0.5, 0.6) is 0 Å². The van der Waals surface area contributed by atoms with Gasteiger partial charge in [-0.05, 0) is 40.2 Å². The smallest absolute Gasteiger partial charge is 0.260 e. The molecule has 0 amide bonds. The van der Waals surface area contributed by atoms with Gasteiger partial charge in [0.05, 0.1) is 10.0 Å². The van der Waals surface area contributed by atoms with Gasteiger partial charge in [0.1, 0.15) is 0 Å². The van der Waals surface area contributed by atoms with E-state index in [9.17, 15) is 8.78 Å². The molecule has 1 heterocycles. The number of hydrogen-bond donors (Lipinski definition) is 1. The maximum absolute atomic E-state index is 13.5. The summed E-state index contributed by atoms with van der Waals surface area (Å²) in [6.07, 6.45) is 0. The summed E-state index contributed by atoms with van der Waals surface area (Å²) < 4.78 is 31.7. The molecule has 0 unspecified atom stereocenters. The molecular weight excluding hydrogens is 344 g/mol. The van der Waals surface area contributed by atoms with E-state index < -0.39 is 11.6 Å². The summed E-state index contributed by atoms with van der Waals surface area (Å²) in [5.74, 6) is -1.61. The molecule has 0 aliphatic carbocycles. The van der Waals surface area contributed by atoms with E-state index in [1.165, 1.54) is 6.07 Å². The van der Waals surface area contributed by atoms with Crippen molar-refractivity contribution in [1.82, 2.24) is 10.1 Å². The Labute approximate surface area is 126 Å². The predicted octanol–water partition coefficient (Wildman–Crippen LogP) is 4.03. The first-order chi connectivity index (χ1) is 10.1. The molecule has 3 aromatic rings. The van der Waals surface area contributed by atoms with E-state index in [2.05, 4.69) is 26.1 Å². The van der Waals surface area contributed by atoms with Crippen LogP contribution in [-0.2, 0) is 0 Å². The summed E-state index contributed by atoms with van der Waals surface area (Å²) in [4.78, 5) is 4.17. The average Bonchev–Trinajstić information content (AvgIpc) is 2.95. The number of nitrogens with zero attached hydrogens (tertiary/aromatic N) is 2. The second kappa shape index (κ2) is 5.25. The van der Waals surface area contributed by atoms with Gasteiger partial charge in [0.15, 0.2) is 11.6 Å². The number of nitrogen functional groups attached to an aromatic ring is 1. The van der Waals surface area contributed by atoms with Crippen LogP contribution in [0.4, 0.5) is 14.5 Å². The zero-order valence-corrected chi connectivity index (χ0v) is 12.1. The van der Waals surface area contributed by atoms with Crippen molar-refractivity contribution < 1.29 is 13.3 Å². The third kappa shape index (κ3) is 2.40. The van der Waals surface area contributed by atoms with Crippen LogP contribution in [0.15, 0.2) is 45.4 Å². The summed E-state index contributed by atoms with van der Waals surface area (Å²) >= 11 is 2.99. The van der Waals surface area contributed by atoms with Crippen molar-refractivity contribution in [3.63, 3.8) is 0 Å². The van der Waals surface area contributed by atoms with Crippen LogP contribution in [0.2, 0.25) is 0 Å². The zero-order valence-electron chi connectivity index (χ0n) is 10.5. The topological polar surface area (TPSA) is 64.9 Å². The number of hydrogen-bond acceptors (Lipinski definition) is 4. The number of rotatable bonds is 2. The number of benzene rings is 2. The summed E-state index contributed by atoms with van der Waals surface area (Å²) in [6, 6.07) is 9.36. The third-order valence-corrected chi connectivity index (χ3v) is 3.67. The second-order valence-electron chi connectivity index (χ2n) is 4.23. The SMILES string of the molecule is Nc1ccccc1-c1nc(-c2ccc(F)c(F)c2Br)no1. The van der Waals surface area contributed by atoms with E-state index in [1.807, 2.05) is 0 Å². The Morgan fingerprint density at radius 3 is 2.57 bits per heavy atom. The lowest BCUT2D eigenvalue weighted by Gasteiger charge is -2.01. The lowest BCUT2D eigenvalue weighted by molar-refractivity contribution is 0.432. The van der Waals surface area contributed by atoms with E-state index in [0.717, 1.165) is 6.07 Å². The fourth-order valence-corrected chi connectivity index (χ4v) is 2.33. The molecule has 3 rings (SSSR count). The summed E-state index contributed by atoms with van der Waals surface area (Å²) in [6.45, 7) is 0. The highest BCUT2D eigenvalue weighted by atomic mass is 79.9. The molecule has 0 spiro atoms. The molecule has 106 valence electrons. The second-order valence-corrected chi connectivity index (χ2v) is 5.03. The van der Waals surface area contributed by atoms with Gasteiger partial charge in [-0.1, -0.05) is 17.3 Å². The van der Waals surface area contributed by atoms with Crippen molar-refractivity contribution in [2.24, 2.45) is 0 Å². The molecule has 21 heavy (non-hydrogen) atoms. The Kier molecular flexibility index (Phi) is 3.42. The van der Waals surface area contributed by atoms with E-state index in [-0.39, 0.29) is 16.2 Å². The van der Waals surface area contributed by atoms with E-state index >= 15 is 0 Å². The molecule has 7 heteroatoms. The molecular formula is C14H8BrF2N3O. The van der Waals surface area contributed by atoms with Crippen LogP contribution in [0.3, 0.4) is 0 Å². The minimum atomic E-state index is -1.00. The molecule has 2 aromatic carbocycles. The summed E-state index contributed by atoms with van der Waals surface area (Å²) in [7, 11) is 0. The fraction of sp³-hybridized carbons (Fsp3) is 0. The molecule has 2 N–H and O–H groups in total. The average molecular weight is 352 g/mol. The standard InChI is InChI=1S/C14H8BrF2N3O/c15-11-8(5-6-9(16)12(11)17)13-19-14(21-20-13)7-3-1-2-4-10(7)18/h1-6H,18H2. The highest BCUT2D eigenvalue weighted by Gasteiger charge is 2.18. The molecule has 0 radical (unpaired) electrons. The summed E-state index contributed by atoms with van der Waals surface area (Å²) in [5, 5.41) is 3.77. The van der Waals surface area contributed by atoms with Crippen LogP contribution in [0.1, 0.15) is 0 Å². The number of para-hydroxylation sites is 1.